The van der Waals surface area contributed by atoms with Gasteiger partial charge in [-0.15, -0.1) is 0 Å². The van der Waals surface area contributed by atoms with Crippen molar-refractivity contribution in [2.24, 2.45) is 0 Å². The van der Waals surface area contributed by atoms with Crippen molar-refractivity contribution in [3.8, 4) is 11.5 Å². The molecule has 2 aromatic rings. The molecule has 40 radical (unpaired) electrons. The molecule has 0 aromatic heterocycles. The van der Waals surface area contributed by atoms with Crippen LogP contribution in [0.1, 0.15) is 48.5 Å². The third-order valence-corrected chi connectivity index (χ3v) is 12.9. The number of rotatable bonds is 19. The molecule has 13 nitrogen and oxygen atoms in total. The van der Waals surface area contributed by atoms with Gasteiger partial charge in [-0.1, -0.05) is 0 Å². The molecule has 2 aliphatic rings. The fraction of sp³-hybridized carbons (Fsp3) is 0.464. The molecule has 4 rings (SSSR count). The number of hydrogen-bond acceptors (Lipinski definition) is 9. The number of benzene rings is 2. The molecule has 0 spiro atoms. The van der Waals surface area contributed by atoms with E-state index in [-0.39, 0.29) is 11.6 Å². The van der Waals surface area contributed by atoms with Gasteiger partial charge < -0.3 is 24.3 Å². The van der Waals surface area contributed by atoms with Crippen LogP contribution < -0.4 is 24.6 Å². The first-order valence-corrected chi connectivity index (χ1v) is 25.3. The summed E-state index contributed by atoms with van der Waals surface area (Å²) in [4.78, 5) is 48.7. The lowest BCUT2D eigenvalue weighted by molar-refractivity contribution is -0.384. The van der Waals surface area contributed by atoms with Crippen molar-refractivity contribution in [1.29, 1.82) is 0 Å². The maximum atomic E-state index is 12.3. The Labute approximate surface area is 504 Å². The van der Waals surface area contributed by atoms with E-state index in [9.17, 15) is 24.5 Å². The quantitative estimate of drug-likeness (QED) is 0.0824. The Bertz CT molecular complexity index is 2160. The molecule has 2 aromatic carbocycles. The third-order valence-electron chi connectivity index (χ3n) is 12.9. The monoisotopic (exact) mass is 991 g/mol. The van der Waals surface area contributed by atoms with E-state index in [1.807, 2.05) is 20.8 Å². The SMILES string of the molecule is CC(=O)Nc1ccc2c(c1)N(C(=O)OC(C)(C)C)CCO2.CC(C)(C)OC(=O)N1CCOc2ccc([N+](=O)[O-])cc21.[B]B([B])B(B([B])[B])B(B(B([B])[B])B([B])[B])B(B(B([B])[B])B([B])[B])B(B(B([B])[B])B([B])[B])B(B([B])[B])B([B])[B]. The Morgan fingerprint density at radius 1 is 0.494 bits per heavy atom. The zero-order chi connectivity index (χ0) is 60.9. The van der Waals surface area contributed by atoms with Gasteiger partial charge in [0.1, 0.15) is 35.9 Å². The number of carbonyl (C=O) groups excluding carboxylic acids is 3. The molecule has 2 heterocycles. The van der Waals surface area contributed by atoms with Gasteiger partial charge in [0.2, 0.25) is 5.91 Å². The van der Waals surface area contributed by atoms with E-state index in [2.05, 4.69) is 5.32 Å². The van der Waals surface area contributed by atoms with Crippen molar-refractivity contribution >= 4 is 311 Å². The summed E-state index contributed by atoms with van der Waals surface area (Å²) < 4.78 is 21.6. The average Bonchev–Trinajstić information content (AvgIpc) is 3.27. The van der Waals surface area contributed by atoms with Gasteiger partial charge in [0.05, 0.1) is 29.4 Å². The van der Waals surface area contributed by atoms with Crippen LogP contribution in [0.2, 0.25) is 0 Å². The van der Waals surface area contributed by atoms with E-state index in [1.165, 1.54) is 34.9 Å². The molecule has 79 heavy (non-hydrogen) atoms. The van der Waals surface area contributed by atoms with Crippen LogP contribution in [-0.4, -0.2) is 330 Å². The van der Waals surface area contributed by atoms with Crippen LogP contribution in [0.25, 0.3) is 0 Å². The zero-order valence-corrected chi connectivity index (χ0v) is 46.2. The predicted octanol–water partition coefficient (Wildman–Crippen LogP) is -8.96. The second-order valence-electron chi connectivity index (χ2n) is 21.6. The maximum absolute atomic E-state index is 12.3. The average molecular weight is 983 g/mol. The van der Waals surface area contributed by atoms with Gasteiger partial charge in [0.25, 0.3) is 5.69 Å². The minimum atomic E-state index is -1.20. The van der Waals surface area contributed by atoms with Crippen LogP contribution >= 0.6 is 0 Å². The van der Waals surface area contributed by atoms with Gasteiger partial charge in [-0.2, -0.15) is 0 Å². The summed E-state index contributed by atoms with van der Waals surface area (Å²) in [6.45, 7) is 13.6. The van der Waals surface area contributed by atoms with Crippen molar-refractivity contribution < 1.29 is 38.3 Å². The first kappa shape index (κ1) is 73.0. The number of anilines is 3. The lowest BCUT2D eigenvalue weighted by atomic mass is 8.28. The minimum absolute atomic E-state index is 0.0946. The van der Waals surface area contributed by atoms with Gasteiger partial charge in [0.15, 0.2) is 0 Å². The molecule has 2 aliphatic heterocycles. The van der Waals surface area contributed by atoms with Crippen LogP contribution in [0.3, 0.4) is 0 Å². The summed E-state index contributed by atoms with van der Waals surface area (Å²) >= 11 is 0. The van der Waals surface area contributed by atoms with Crippen molar-refractivity contribution in [2.45, 2.75) is 59.7 Å². The Balaban J connectivity index is 0.000000437. The molecule has 0 aliphatic carbocycles. The number of hydrogen-bond donors (Lipinski definition) is 1. The van der Waals surface area contributed by atoms with E-state index in [0.717, 1.165) is 0 Å². The molecular formula is C28H36B38N4O9. The van der Waals surface area contributed by atoms with Crippen molar-refractivity contribution in [3.63, 3.8) is 0 Å². The van der Waals surface area contributed by atoms with Gasteiger partial charge in [0, 0.05) is 294 Å². The highest BCUT2D eigenvalue weighted by molar-refractivity contribution is 8.31. The molecule has 0 saturated heterocycles. The summed E-state index contributed by atoms with van der Waals surface area (Å²) in [6, 6.07) is 9.33. The third kappa shape index (κ3) is 21.8. The predicted molar refractivity (Wildman–Crippen MR) is 371 cm³/mol. The summed E-state index contributed by atoms with van der Waals surface area (Å²) in [7, 11) is 124. The van der Waals surface area contributed by atoms with Crippen molar-refractivity contribution in [2.75, 3.05) is 41.4 Å². The Kier molecular flexibility index (Phi) is 29.8. The normalized spacial score (nSPS) is 11.9. The second kappa shape index (κ2) is 32.3. The van der Waals surface area contributed by atoms with Gasteiger partial charge in [-0.05, 0) is 65.8 Å². The molecular weight excluding hydrogens is 947 g/mol. The molecule has 0 atom stereocenters. The maximum Gasteiger partial charge on any atom is 0.415 e. The molecule has 0 bridgehead atoms. The number of carbonyl (C=O) groups is 3. The number of nitrogens with zero attached hydrogens (tertiary/aromatic N) is 3. The Morgan fingerprint density at radius 2 is 0.772 bits per heavy atom. The zero-order valence-electron chi connectivity index (χ0n) is 46.2. The lowest BCUT2D eigenvalue weighted by Gasteiger charge is -2.53. The Hall–Kier alpha value is -2.08. The van der Waals surface area contributed by atoms with Crippen LogP contribution in [0.4, 0.5) is 32.3 Å². The van der Waals surface area contributed by atoms with Crippen LogP contribution in [0.15, 0.2) is 36.4 Å². The largest absolute Gasteiger partial charge is 0.490 e. The number of nitrogens with one attached hydrogen (secondary N) is 1. The Morgan fingerprint density at radius 3 is 1.04 bits per heavy atom. The lowest BCUT2D eigenvalue weighted by Crippen LogP contribution is -2.92. The van der Waals surface area contributed by atoms with E-state index < -0.39 is 143 Å². The van der Waals surface area contributed by atoms with Crippen molar-refractivity contribution in [1.82, 2.24) is 0 Å². The van der Waals surface area contributed by atoms with E-state index >= 15 is 0 Å². The van der Waals surface area contributed by atoms with Gasteiger partial charge >= 0.3 is 12.2 Å². The molecule has 0 unspecified atom stereocenters. The fourth-order valence-corrected chi connectivity index (χ4v) is 9.99. The van der Waals surface area contributed by atoms with E-state index in [4.69, 9.17) is 174 Å². The first-order chi connectivity index (χ1) is 36.3. The smallest absolute Gasteiger partial charge is 0.415 e. The van der Waals surface area contributed by atoms with Gasteiger partial charge in [-0.25, -0.2) is 9.59 Å². The number of amides is 3. The minimum Gasteiger partial charge on any atom is -0.490 e. The molecule has 336 valence electrons. The fourth-order valence-electron chi connectivity index (χ4n) is 9.99. The molecule has 0 fully saturated rings. The highest BCUT2D eigenvalue weighted by atomic mass is 16.6. The molecule has 0 saturated carbocycles. The first-order valence-electron chi connectivity index (χ1n) is 25.3. The molecule has 51 heteroatoms. The highest BCUT2D eigenvalue weighted by Gasteiger charge is 2.56. The summed E-state index contributed by atoms with van der Waals surface area (Å²) in [6.07, 6.45) is -21.0. The topological polar surface area (TPSA) is 150 Å². The summed E-state index contributed by atoms with van der Waals surface area (Å²) in [5.74, 6) is 0.865. The van der Waals surface area contributed by atoms with E-state index in [0.29, 0.717) is 54.9 Å². The standard InChI is InChI=1S/C15H20N2O4.C13H16N2O5.B38/c1-10(18)16-11-5-6-13-12(9-11)17(7-8-20-13)14(19)21-15(2,3)4;1-13(2,3)20-12(16)14-6-7-19-11-5-4-9(15(17)18)8-10(11)14;1-21(2)31(22(3)4)36(32(23(5)6)24(7)8)38(35(29(17)18)30(19)20)37(33(25(9)10)26(11)12)34(27(13)14)28(15)16/h5-6,9H,7-8H2,1-4H3,(H,16,18);4-5,8H,6-7H2,1-3H3;. The van der Waals surface area contributed by atoms with Crippen LogP contribution in [-0.2, 0) is 14.3 Å². The van der Waals surface area contributed by atoms with E-state index in [1.54, 1.807) is 39.0 Å². The number of fused-ring (bicyclic) bond motifs is 2. The summed E-state index contributed by atoms with van der Waals surface area (Å²) in [5, 5.41) is 13.5. The second-order valence-corrected chi connectivity index (χ2v) is 21.6. The number of non-ortho nitro benzene ring substituents is 1. The number of ether oxygens (including phenoxy) is 4. The number of nitro groups is 1. The number of nitro benzene ring substituents is 1. The molecule has 3 amide bonds. The summed E-state index contributed by atoms with van der Waals surface area (Å²) in [5.41, 5.74) is 0.283. The van der Waals surface area contributed by atoms with Gasteiger partial charge in [-0.3, -0.25) is 24.7 Å². The highest BCUT2D eigenvalue weighted by Crippen LogP contribution is 2.37. The van der Waals surface area contributed by atoms with Crippen LogP contribution in [0.5, 0.6) is 11.5 Å². The van der Waals surface area contributed by atoms with Crippen LogP contribution in [0, 0.1) is 10.1 Å². The van der Waals surface area contributed by atoms with Crippen molar-refractivity contribution in [3.05, 3.63) is 46.5 Å². The molecule has 1 N–H and O–H groups in total.